The standard InChI is InChI=1S/C13H13BrFN3O/c1-16-11(9-7-8(15)3-4-10(9)14)12-13(19-2)18-6-5-17-12/h3-7,11,16H,1-2H3. The third-order valence-electron chi connectivity index (χ3n) is 2.72. The van der Waals surface area contributed by atoms with Crippen LogP contribution in [0, 0.1) is 5.82 Å². The molecule has 1 aromatic heterocycles. The molecule has 1 aromatic carbocycles. The van der Waals surface area contributed by atoms with Crippen LogP contribution in [0.3, 0.4) is 0 Å². The zero-order chi connectivity index (χ0) is 13.8. The molecule has 100 valence electrons. The molecule has 0 amide bonds. The van der Waals surface area contributed by atoms with Gasteiger partial charge in [0.1, 0.15) is 11.5 Å². The smallest absolute Gasteiger partial charge is 0.237 e. The van der Waals surface area contributed by atoms with Crippen molar-refractivity contribution < 1.29 is 9.13 Å². The van der Waals surface area contributed by atoms with Crippen LogP contribution in [0.25, 0.3) is 0 Å². The number of aromatic nitrogens is 2. The molecule has 0 radical (unpaired) electrons. The first-order chi connectivity index (χ1) is 9.17. The fourth-order valence-corrected chi connectivity index (χ4v) is 2.34. The normalized spacial score (nSPS) is 12.2. The number of halogens is 2. The molecule has 0 saturated carbocycles. The van der Waals surface area contributed by atoms with Crippen molar-refractivity contribution in [2.75, 3.05) is 14.2 Å². The predicted octanol–water partition coefficient (Wildman–Crippen LogP) is 2.70. The van der Waals surface area contributed by atoms with Gasteiger partial charge in [0.2, 0.25) is 5.88 Å². The first-order valence-electron chi connectivity index (χ1n) is 5.64. The highest BCUT2D eigenvalue weighted by Gasteiger charge is 2.21. The molecule has 0 saturated heterocycles. The van der Waals surface area contributed by atoms with Crippen molar-refractivity contribution >= 4 is 15.9 Å². The second kappa shape index (κ2) is 6.08. The number of benzene rings is 1. The minimum atomic E-state index is -0.311. The van der Waals surface area contributed by atoms with Gasteiger partial charge in [-0.2, -0.15) is 0 Å². The van der Waals surface area contributed by atoms with E-state index in [1.54, 1.807) is 25.5 Å². The third-order valence-corrected chi connectivity index (χ3v) is 3.44. The van der Waals surface area contributed by atoms with Gasteiger partial charge in [0, 0.05) is 16.9 Å². The van der Waals surface area contributed by atoms with E-state index in [-0.39, 0.29) is 11.9 Å². The number of hydrogen-bond acceptors (Lipinski definition) is 4. The molecule has 0 aliphatic rings. The Kier molecular flexibility index (Phi) is 4.44. The van der Waals surface area contributed by atoms with E-state index in [2.05, 4.69) is 31.2 Å². The highest BCUT2D eigenvalue weighted by Crippen LogP contribution is 2.31. The SMILES string of the molecule is CNC(c1cc(F)ccc1Br)c1nccnc1OC. The van der Waals surface area contributed by atoms with E-state index in [9.17, 15) is 4.39 Å². The minimum absolute atomic E-state index is 0.304. The van der Waals surface area contributed by atoms with Gasteiger partial charge in [-0.25, -0.2) is 9.37 Å². The molecule has 2 aromatic rings. The van der Waals surface area contributed by atoms with Gasteiger partial charge in [0.05, 0.1) is 13.2 Å². The second-order valence-electron chi connectivity index (χ2n) is 3.84. The topological polar surface area (TPSA) is 47.0 Å². The van der Waals surface area contributed by atoms with E-state index < -0.39 is 0 Å². The van der Waals surface area contributed by atoms with E-state index in [0.29, 0.717) is 11.6 Å². The summed E-state index contributed by atoms with van der Waals surface area (Å²) in [5.41, 5.74) is 1.35. The minimum Gasteiger partial charge on any atom is -0.480 e. The highest BCUT2D eigenvalue weighted by molar-refractivity contribution is 9.10. The Morgan fingerprint density at radius 2 is 2.05 bits per heavy atom. The van der Waals surface area contributed by atoms with Gasteiger partial charge >= 0.3 is 0 Å². The van der Waals surface area contributed by atoms with Crippen molar-refractivity contribution in [2.45, 2.75) is 6.04 Å². The van der Waals surface area contributed by atoms with E-state index in [4.69, 9.17) is 4.74 Å². The van der Waals surface area contributed by atoms with Crippen molar-refractivity contribution in [3.8, 4) is 5.88 Å². The molecule has 1 N–H and O–H groups in total. The van der Waals surface area contributed by atoms with Crippen LogP contribution >= 0.6 is 15.9 Å². The van der Waals surface area contributed by atoms with E-state index in [0.717, 1.165) is 10.0 Å². The van der Waals surface area contributed by atoms with Crippen molar-refractivity contribution in [2.24, 2.45) is 0 Å². The lowest BCUT2D eigenvalue weighted by Gasteiger charge is -2.19. The van der Waals surface area contributed by atoms with Crippen LogP contribution in [0.4, 0.5) is 4.39 Å². The number of methoxy groups -OCH3 is 1. The first-order valence-corrected chi connectivity index (χ1v) is 6.43. The fourth-order valence-electron chi connectivity index (χ4n) is 1.87. The number of ether oxygens (including phenoxy) is 1. The Morgan fingerprint density at radius 3 is 2.74 bits per heavy atom. The summed E-state index contributed by atoms with van der Waals surface area (Å²) in [5, 5.41) is 3.10. The van der Waals surface area contributed by atoms with Gasteiger partial charge in [-0.3, -0.25) is 4.98 Å². The number of hydrogen-bond donors (Lipinski definition) is 1. The van der Waals surface area contributed by atoms with Crippen molar-refractivity contribution in [1.82, 2.24) is 15.3 Å². The molecule has 6 heteroatoms. The third kappa shape index (κ3) is 2.90. The number of nitrogens with zero attached hydrogens (tertiary/aromatic N) is 2. The van der Waals surface area contributed by atoms with E-state index in [1.165, 1.54) is 19.2 Å². The van der Waals surface area contributed by atoms with Crippen LogP contribution in [0.2, 0.25) is 0 Å². The van der Waals surface area contributed by atoms with Gasteiger partial charge in [0.15, 0.2) is 0 Å². The lowest BCUT2D eigenvalue weighted by Crippen LogP contribution is -2.20. The summed E-state index contributed by atoms with van der Waals surface area (Å²) in [7, 11) is 3.30. The molecule has 1 heterocycles. The van der Waals surface area contributed by atoms with Gasteiger partial charge < -0.3 is 10.1 Å². The average molecular weight is 326 g/mol. The predicted molar refractivity (Wildman–Crippen MR) is 73.6 cm³/mol. The molecular weight excluding hydrogens is 313 g/mol. The van der Waals surface area contributed by atoms with Gasteiger partial charge in [0.25, 0.3) is 0 Å². The van der Waals surface area contributed by atoms with E-state index >= 15 is 0 Å². The van der Waals surface area contributed by atoms with Gasteiger partial charge in [-0.1, -0.05) is 15.9 Å². The van der Waals surface area contributed by atoms with Crippen LogP contribution in [-0.2, 0) is 0 Å². The molecule has 1 unspecified atom stereocenters. The van der Waals surface area contributed by atoms with Crippen LogP contribution < -0.4 is 10.1 Å². The van der Waals surface area contributed by atoms with E-state index in [1.807, 2.05) is 0 Å². The maximum absolute atomic E-state index is 13.4. The maximum atomic E-state index is 13.4. The summed E-state index contributed by atoms with van der Waals surface area (Å²) in [6, 6.07) is 4.21. The zero-order valence-electron chi connectivity index (χ0n) is 10.5. The summed E-state index contributed by atoms with van der Waals surface area (Å²) in [5.74, 6) is 0.110. The summed E-state index contributed by atoms with van der Waals surface area (Å²) in [6.07, 6.45) is 3.13. The summed E-state index contributed by atoms with van der Waals surface area (Å²) >= 11 is 3.42. The lowest BCUT2D eigenvalue weighted by atomic mass is 10.0. The Morgan fingerprint density at radius 1 is 1.32 bits per heavy atom. The Hall–Kier alpha value is -1.53. The fraction of sp³-hybridized carbons (Fsp3) is 0.231. The quantitative estimate of drug-likeness (QED) is 0.938. The first kappa shape index (κ1) is 13.9. The van der Waals surface area contributed by atoms with Crippen LogP contribution in [-0.4, -0.2) is 24.1 Å². The highest BCUT2D eigenvalue weighted by atomic mass is 79.9. The number of rotatable bonds is 4. The van der Waals surface area contributed by atoms with Gasteiger partial charge in [-0.05, 0) is 30.8 Å². The van der Waals surface area contributed by atoms with Crippen LogP contribution in [0.15, 0.2) is 35.1 Å². The van der Waals surface area contributed by atoms with Crippen molar-refractivity contribution in [1.29, 1.82) is 0 Å². The number of nitrogens with one attached hydrogen (secondary N) is 1. The molecule has 2 rings (SSSR count). The molecule has 0 aliphatic carbocycles. The molecule has 0 aliphatic heterocycles. The van der Waals surface area contributed by atoms with Gasteiger partial charge in [-0.15, -0.1) is 0 Å². The molecule has 1 atom stereocenters. The zero-order valence-corrected chi connectivity index (χ0v) is 12.1. The Labute approximate surface area is 119 Å². The van der Waals surface area contributed by atoms with Crippen molar-refractivity contribution in [3.63, 3.8) is 0 Å². The molecule has 0 fully saturated rings. The molecule has 19 heavy (non-hydrogen) atoms. The monoisotopic (exact) mass is 325 g/mol. The van der Waals surface area contributed by atoms with Crippen LogP contribution in [0.1, 0.15) is 17.3 Å². The average Bonchev–Trinajstić information content (AvgIpc) is 2.44. The maximum Gasteiger partial charge on any atom is 0.237 e. The molecule has 0 bridgehead atoms. The Balaban J connectivity index is 2.53. The molecule has 4 nitrogen and oxygen atoms in total. The Bertz CT molecular complexity index is 580. The lowest BCUT2D eigenvalue weighted by molar-refractivity contribution is 0.384. The molecular formula is C13H13BrFN3O. The van der Waals surface area contributed by atoms with Crippen LogP contribution in [0.5, 0.6) is 5.88 Å². The summed E-state index contributed by atoms with van der Waals surface area (Å²) < 4.78 is 19.4. The molecule has 0 spiro atoms. The van der Waals surface area contributed by atoms with Crippen molar-refractivity contribution in [3.05, 3.63) is 52.1 Å². The largest absolute Gasteiger partial charge is 0.480 e. The summed E-state index contributed by atoms with van der Waals surface area (Å²) in [4.78, 5) is 8.38. The second-order valence-corrected chi connectivity index (χ2v) is 4.69. The summed E-state index contributed by atoms with van der Waals surface area (Å²) in [6.45, 7) is 0.